The summed E-state index contributed by atoms with van der Waals surface area (Å²) in [6.07, 6.45) is -9.09. The number of nitriles is 1. The van der Waals surface area contributed by atoms with Crippen LogP contribution in [0.4, 0.5) is 43.8 Å². The molecule has 36 heavy (non-hydrogen) atoms. The number of aromatic nitrogens is 2. The van der Waals surface area contributed by atoms with E-state index < -0.39 is 23.6 Å². The molecule has 1 fully saturated rings. The van der Waals surface area contributed by atoms with E-state index in [1.807, 2.05) is 10.4 Å². The molecule has 188 valence electrons. The summed E-state index contributed by atoms with van der Waals surface area (Å²) in [4.78, 5) is 10.2. The second-order valence-corrected chi connectivity index (χ2v) is 8.95. The number of halogens is 6. The van der Waals surface area contributed by atoms with Crippen LogP contribution in [0.3, 0.4) is 0 Å². The molecule has 1 aliphatic rings. The topological polar surface area (TPSA) is 68.1 Å². The first-order valence-corrected chi connectivity index (χ1v) is 11.4. The number of hydrogen-bond acceptors (Lipinski definition) is 7. The lowest BCUT2D eigenvalue weighted by Crippen LogP contribution is -2.44. The van der Waals surface area contributed by atoms with Crippen LogP contribution < -0.4 is 10.2 Å². The van der Waals surface area contributed by atoms with E-state index in [-0.39, 0.29) is 11.8 Å². The molecule has 0 amide bonds. The highest BCUT2D eigenvalue weighted by atomic mass is 32.2. The Balaban J connectivity index is 1.45. The average molecular weight is 524 g/mol. The van der Waals surface area contributed by atoms with Gasteiger partial charge in [0.15, 0.2) is 5.69 Å². The number of piperazine rings is 1. The van der Waals surface area contributed by atoms with Crippen molar-refractivity contribution in [2.45, 2.75) is 17.2 Å². The molecule has 2 heterocycles. The maximum Gasteiger partial charge on any atom is 0.433 e. The first kappa shape index (κ1) is 25.6. The second kappa shape index (κ2) is 10.2. The molecule has 1 N–H and O–H groups in total. The molecule has 0 unspecified atom stereocenters. The quantitative estimate of drug-likeness (QED) is 0.326. The summed E-state index contributed by atoms with van der Waals surface area (Å²) in [5, 5.41) is 11.7. The van der Waals surface area contributed by atoms with Gasteiger partial charge in [0.1, 0.15) is 5.82 Å². The van der Waals surface area contributed by atoms with Gasteiger partial charge in [0.05, 0.1) is 17.2 Å². The van der Waals surface area contributed by atoms with Gasteiger partial charge in [0, 0.05) is 42.8 Å². The predicted molar refractivity (Wildman–Crippen MR) is 123 cm³/mol. The van der Waals surface area contributed by atoms with E-state index in [4.69, 9.17) is 5.26 Å². The predicted octanol–water partition coefficient (Wildman–Crippen LogP) is 5.96. The standard InChI is InChI=1S/C23H18F6N6S/c24-22(25,26)16-3-7-18(8-4-16)36-35-11-9-34(10-12-35)21-32-19(23(27,28)29)13-20(33-21)31-17-5-1-15(14-30)2-6-17/h1-8,13H,9-12H2,(H,31,32,33). The Hall–Kier alpha value is -3.50. The normalized spacial score (nSPS) is 15.0. The molecule has 0 saturated carbocycles. The monoisotopic (exact) mass is 524 g/mol. The molecule has 1 aromatic heterocycles. The van der Waals surface area contributed by atoms with Crippen LogP contribution in [0.5, 0.6) is 0 Å². The van der Waals surface area contributed by atoms with Crippen LogP contribution in [-0.2, 0) is 12.4 Å². The Morgan fingerprint density at radius 3 is 2.03 bits per heavy atom. The van der Waals surface area contributed by atoms with E-state index in [2.05, 4.69) is 15.3 Å². The Kier molecular flexibility index (Phi) is 7.28. The van der Waals surface area contributed by atoms with Crippen molar-refractivity contribution >= 4 is 29.4 Å². The molecule has 0 aliphatic carbocycles. The Morgan fingerprint density at radius 2 is 1.47 bits per heavy atom. The lowest BCUT2D eigenvalue weighted by molar-refractivity contribution is -0.141. The lowest BCUT2D eigenvalue weighted by Gasteiger charge is -2.34. The number of hydrogen-bond donors (Lipinski definition) is 1. The van der Waals surface area contributed by atoms with Crippen LogP contribution in [0.2, 0.25) is 0 Å². The molecule has 1 aliphatic heterocycles. The highest BCUT2D eigenvalue weighted by Gasteiger charge is 2.35. The van der Waals surface area contributed by atoms with Crippen molar-refractivity contribution in [1.82, 2.24) is 14.3 Å². The van der Waals surface area contributed by atoms with Gasteiger partial charge in [-0.25, -0.2) is 9.29 Å². The molecule has 2 aromatic carbocycles. The van der Waals surface area contributed by atoms with Crippen LogP contribution in [-0.4, -0.2) is 40.5 Å². The molecule has 0 radical (unpaired) electrons. The zero-order chi connectivity index (χ0) is 25.9. The van der Waals surface area contributed by atoms with Gasteiger partial charge < -0.3 is 10.2 Å². The lowest BCUT2D eigenvalue weighted by atomic mass is 10.2. The van der Waals surface area contributed by atoms with Crippen LogP contribution in [0.15, 0.2) is 59.5 Å². The van der Waals surface area contributed by atoms with Crippen molar-refractivity contribution in [3.63, 3.8) is 0 Å². The molecule has 0 bridgehead atoms. The summed E-state index contributed by atoms with van der Waals surface area (Å²) < 4.78 is 80.7. The summed E-state index contributed by atoms with van der Waals surface area (Å²) in [5.41, 5.74) is -0.953. The largest absolute Gasteiger partial charge is 0.433 e. The summed E-state index contributed by atoms with van der Waals surface area (Å²) >= 11 is 1.28. The molecule has 13 heteroatoms. The van der Waals surface area contributed by atoms with Crippen LogP contribution >= 0.6 is 11.9 Å². The minimum atomic E-state index is -4.68. The van der Waals surface area contributed by atoms with Gasteiger partial charge in [-0.3, -0.25) is 0 Å². The fraction of sp³-hybridized carbons (Fsp3) is 0.261. The van der Waals surface area contributed by atoms with Gasteiger partial charge in [-0.2, -0.15) is 36.6 Å². The first-order valence-electron chi connectivity index (χ1n) is 10.6. The van der Waals surface area contributed by atoms with E-state index in [9.17, 15) is 26.3 Å². The molecule has 0 spiro atoms. The van der Waals surface area contributed by atoms with Crippen molar-refractivity contribution in [1.29, 1.82) is 5.26 Å². The third kappa shape index (κ3) is 6.38. The smallest absolute Gasteiger partial charge is 0.340 e. The van der Waals surface area contributed by atoms with Crippen LogP contribution in [0, 0.1) is 11.3 Å². The number of rotatable bonds is 5. The molecular formula is C23H18F6N6S. The van der Waals surface area contributed by atoms with Gasteiger partial charge >= 0.3 is 12.4 Å². The van der Waals surface area contributed by atoms with E-state index in [0.717, 1.165) is 18.2 Å². The van der Waals surface area contributed by atoms with Crippen LogP contribution in [0.1, 0.15) is 16.8 Å². The van der Waals surface area contributed by atoms with E-state index >= 15 is 0 Å². The zero-order valence-electron chi connectivity index (χ0n) is 18.4. The van der Waals surface area contributed by atoms with Crippen LogP contribution in [0.25, 0.3) is 0 Å². The Bertz CT molecular complexity index is 1230. The fourth-order valence-corrected chi connectivity index (χ4v) is 4.30. The molecule has 3 aromatic rings. The fourth-order valence-electron chi connectivity index (χ4n) is 3.39. The van der Waals surface area contributed by atoms with Gasteiger partial charge in [-0.1, -0.05) is 0 Å². The van der Waals surface area contributed by atoms with Crippen molar-refractivity contribution in [3.05, 3.63) is 71.4 Å². The minimum absolute atomic E-state index is 0.0430. The van der Waals surface area contributed by atoms with Gasteiger partial charge in [-0.15, -0.1) is 0 Å². The van der Waals surface area contributed by atoms with Gasteiger partial charge in [0.2, 0.25) is 5.95 Å². The molecule has 4 rings (SSSR count). The minimum Gasteiger partial charge on any atom is -0.340 e. The highest BCUT2D eigenvalue weighted by molar-refractivity contribution is 7.97. The number of nitrogens with zero attached hydrogens (tertiary/aromatic N) is 5. The summed E-state index contributed by atoms with van der Waals surface area (Å²) in [5.74, 6) is -0.126. The molecule has 1 saturated heterocycles. The summed E-state index contributed by atoms with van der Waals surface area (Å²) in [6.45, 7) is 1.52. The first-order chi connectivity index (χ1) is 17.0. The van der Waals surface area contributed by atoms with E-state index in [1.54, 1.807) is 17.0 Å². The SMILES string of the molecule is N#Cc1ccc(Nc2cc(C(F)(F)F)nc(N3CCN(Sc4ccc(C(F)(F)F)cc4)CC3)n2)cc1. The number of alkyl halides is 6. The third-order valence-corrected chi connectivity index (χ3v) is 6.34. The van der Waals surface area contributed by atoms with Gasteiger partial charge in [0.25, 0.3) is 0 Å². The zero-order valence-corrected chi connectivity index (χ0v) is 19.3. The van der Waals surface area contributed by atoms with Crippen molar-refractivity contribution in [3.8, 4) is 6.07 Å². The third-order valence-electron chi connectivity index (χ3n) is 5.23. The molecule has 6 nitrogen and oxygen atoms in total. The van der Waals surface area contributed by atoms with Crippen molar-refractivity contribution in [2.24, 2.45) is 0 Å². The number of anilines is 3. The average Bonchev–Trinajstić information content (AvgIpc) is 2.84. The summed E-state index contributed by atoms with van der Waals surface area (Å²) in [7, 11) is 0. The Labute approximate surface area is 206 Å². The maximum atomic E-state index is 13.5. The van der Waals surface area contributed by atoms with Crippen molar-refractivity contribution in [2.75, 3.05) is 36.4 Å². The second-order valence-electron chi connectivity index (χ2n) is 7.78. The van der Waals surface area contributed by atoms with E-state index in [0.29, 0.717) is 42.3 Å². The van der Waals surface area contributed by atoms with Gasteiger partial charge in [-0.05, 0) is 60.5 Å². The highest BCUT2D eigenvalue weighted by Crippen LogP contribution is 2.33. The van der Waals surface area contributed by atoms with E-state index in [1.165, 1.54) is 36.2 Å². The molecule has 0 atom stereocenters. The van der Waals surface area contributed by atoms with Crippen molar-refractivity contribution < 1.29 is 26.3 Å². The molecular weight excluding hydrogens is 506 g/mol. The maximum absolute atomic E-state index is 13.5. The number of nitrogens with one attached hydrogen (secondary N) is 1. The summed E-state index contributed by atoms with van der Waals surface area (Å²) in [6, 6.07) is 13.8. The number of benzene rings is 2. The Morgan fingerprint density at radius 1 is 0.833 bits per heavy atom.